The summed E-state index contributed by atoms with van der Waals surface area (Å²) in [7, 11) is 0. The Balaban J connectivity index is 2.18. The van der Waals surface area contributed by atoms with Crippen LogP contribution in [-0.2, 0) is 0 Å². The fourth-order valence-electron chi connectivity index (χ4n) is 1.85. The van der Waals surface area contributed by atoms with E-state index in [0.717, 1.165) is 0 Å². The summed E-state index contributed by atoms with van der Waals surface area (Å²) in [4.78, 5) is 0. The van der Waals surface area contributed by atoms with Gasteiger partial charge in [-0.25, -0.2) is 0 Å². The van der Waals surface area contributed by atoms with E-state index in [4.69, 9.17) is 17.3 Å². The Morgan fingerprint density at radius 1 is 1.29 bits per heavy atom. The zero-order valence-corrected chi connectivity index (χ0v) is 9.57. The van der Waals surface area contributed by atoms with Gasteiger partial charge in [-0.15, -0.1) is 0 Å². The van der Waals surface area contributed by atoms with Gasteiger partial charge >= 0.3 is 0 Å². The number of halogens is 1. The highest BCUT2D eigenvalue weighted by Crippen LogP contribution is 2.33. The average Bonchev–Trinajstić information content (AvgIpc) is 2.23. The van der Waals surface area contributed by atoms with Crippen molar-refractivity contribution in [2.75, 3.05) is 17.2 Å². The Morgan fingerprint density at radius 2 is 2.00 bits per heavy atom. The topological polar surface area (TPSA) is 26.0 Å². The molecule has 0 saturated carbocycles. The van der Waals surface area contributed by atoms with Crippen molar-refractivity contribution in [2.24, 2.45) is 0 Å². The fraction of sp³-hybridized carbons (Fsp3) is 0.455. The molecule has 0 aliphatic carbocycles. The lowest BCUT2D eigenvalue weighted by Crippen LogP contribution is -2.08. The molecule has 0 amide bonds. The molecule has 14 heavy (non-hydrogen) atoms. The van der Waals surface area contributed by atoms with E-state index in [1.807, 2.05) is 23.9 Å². The molecule has 1 aliphatic heterocycles. The van der Waals surface area contributed by atoms with Gasteiger partial charge in [0.2, 0.25) is 0 Å². The highest BCUT2D eigenvalue weighted by molar-refractivity contribution is 7.99. The van der Waals surface area contributed by atoms with Crippen LogP contribution in [0.25, 0.3) is 0 Å². The standard InChI is InChI=1S/C11H14ClNS/c12-10-2-1-9(7-11(10)13)8-3-5-14-6-4-8/h1-2,7-8H,3-6,13H2. The third-order valence-electron chi connectivity index (χ3n) is 2.71. The van der Waals surface area contributed by atoms with Crippen LogP contribution in [0.2, 0.25) is 5.02 Å². The normalized spacial score (nSPS) is 18.4. The second kappa shape index (κ2) is 4.45. The summed E-state index contributed by atoms with van der Waals surface area (Å²) in [5.74, 6) is 3.23. The van der Waals surface area contributed by atoms with Crippen LogP contribution < -0.4 is 5.73 Å². The monoisotopic (exact) mass is 227 g/mol. The smallest absolute Gasteiger partial charge is 0.0635 e. The summed E-state index contributed by atoms with van der Waals surface area (Å²) >= 11 is 7.93. The molecule has 1 aromatic carbocycles. The van der Waals surface area contributed by atoms with Crippen molar-refractivity contribution < 1.29 is 0 Å². The molecule has 2 N–H and O–H groups in total. The van der Waals surface area contributed by atoms with Gasteiger partial charge in [0.25, 0.3) is 0 Å². The molecule has 0 spiro atoms. The van der Waals surface area contributed by atoms with Crippen LogP contribution in [0.3, 0.4) is 0 Å². The summed E-state index contributed by atoms with van der Waals surface area (Å²) in [5, 5.41) is 0.666. The molecular weight excluding hydrogens is 214 g/mol. The molecule has 1 heterocycles. The minimum absolute atomic E-state index is 0.666. The van der Waals surface area contributed by atoms with E-state index in [-0.39, 0.29) is 0 Å². The van der Waals surface area contributed by atoms with Crippen molar-refractivity contribution in [3.8, 4) is 0 Å². The van der Waals surface area contributed by atoms with E-state index in [9.17, 15) is 0 Å². The molecule has 0 radical (unpaired) electrons. The lowest BCUT2D eigenvalue weighted by atomic mass is 9.93. The first kappa shape index (κ1) is 10.2. The van der Waals surface area contributed by atoms with E-state index in [0.29, 0.717) is 16.6 Å². The van der Waals surface area contributed by atoms with Gasteiger partial charge < -0.3 is 5.73 Å². The predicted molar refractivity (Wildman–Crippen MR) is 65.2 cm³/mol. The number of benzene rings is 1. The van der Waals surface area contributed by atoms with E-state index < -0.39 is 0 Å². The molecule has 76 valence electrons. The number of nitrogens with two attached hydrogens (primary N) is 1. The van der Waals surface area contributed by atoms with Crippen molar-refractivity contribution in [3.05, 3.63) is 28.8 Å². The van der Waals surface area contributed by atoms with Gasteiger partial charge in [0, 0.05) is 0 Å². The van der Waals surface area contributed by atoms with E-state index in [1.54, 1.807) is 0 Å². The first-order valence-corrected chi connectivity index (χ1v) is 6.43. The van der Waals surface area contributed by atoms with Crippen molar-refractivity contribution in [1.29, 1.82) is 0 Å². The number of hydrogen-bond donors (Lipinski definition) is 1. The van der Waals surface area contributed by atoms with E-state index in [1.165, 1.54) is 29.9 Å². The first-order valence-electron chi connectivity index (χ1n) is 4.90. The van der Waals surface area contributed by atoms with Crippen molar-refractivity contribution in [3.63, 3.8) is 0 Å². The molecule has 1 fully saturated rings. The summed E-state index contributed by atoms with van der Waals surface area (Å²) in [6.45, 7) is 0. The molecule has 0 bridgehead atoms. The maximum absolute atomic E-state index is 5.89. The molecule has 1 aromatic rings. The van der Waals surface area contributed by atoms with Crippen LogP contribution in [0.4, 0.5) is 5.69 Å². The van der Waals surface area contributed by atoms with Gasteiger partial charge in [-0.1, -0.05) is 17.7 Å². The summed E-state index contributed by atoms with van der Waals surface area (Å²) in [6.07, 6.45) is 2.54. The van der Waals surface area contributed by atoms with Crippen molar-refractivity contribution >= 4 is 29.1 Å². The van der Waals surface area contributed by atoms with Gasteiger partial charge in [-0.2, -0.15) is 11.8 Å². The maximum Gasteiger partial charge on any atom is 0.0635 e. The van der Waals surface area contributed by atoms with Gasteiger partial charge in [0.15, 0.2) is 0 Å². The Morgan fingerprint density at radius 3 is 2.64 bits per heavy atom. The molecule has 3 heteroatoms. The number of anilines is 1. The Kier molecular flexibility index (Phi) is 3.24. The summed E-state index contributed by atoms with van der Waals surface area (Å²) in [6, 6.07) is 6.05. The first-order chi connectivity index (χ1) is 6.77. The van der Waals surface area contributed by atoms with Crippen molar-refractivity contribution in [2.45, 2.75) is 18.8 Å². The number of rotatable bonds is 1. The second-order valence-corrected chi connectivity index (χ2v) is 5.30. The Labute approximate surface area is 94.0 Å². The zero-order chi connectivity index (χ0) is 9.97. The van der Waals surface area contributed by atoms with Crippen molar-refractivity contribution in [1.82, 2.24) is 0 Å². The zero-order valence-electron chi connectivity index (χ0n) is 8.00. The minimum Gasteiger partial charge on any atom is -0.398 e. The third kappa shape index (κ3) is 2.18. The molecule has 1 saturated heterocycles. The number of thioether (sulfide) groups is 1. The molecule has 0 aromatic heterocycles. The van der Waals surface area contributed by atoms with Crippen LogP contribution >= 0.6 is 23.4 Å². The van der Waals surface area contributed by atoms with Crippen LogP contribution in [0.5, 0.6) is 0 Å². The SMILES string of the molecule is Nc1cc(C2CCSCC2)ccc1Cl. The largest absolute Gasteiger partial charge is 0.398 e. The molecule has 0 atom stereocenters. The predicted octanol–water partition coefficient (Wildman–Crippen LogP) is 3.53. The molecule has 1 aliphatic rings. The van der Waals surface area contributed by atoms with Gasteiger partial charge in [0.05, 0.1) is 10.7 Å². The maximum atomic E-state index is 5.89. The molecule has 2 rings (SSSR count). The Bertz CT molecular complexity index is 321. The third-order valence-corrected chi connectivity index (χ3v) is 4.11. The van der Waals surface area contributed by atoms with Crippen LogP contribution in [-0.4, -0.2) is 11.5 Å². The molecule has 0 unspecified atom stereocenters. The van der Waals surface area contributed by atoms with E-state index >= 15 is 0 Å². The molecular formula is C11H14ClNS. The van der Waals surface area contributed by atoms with E-state index in [2.05, 4.69) is 6.07 Å². The minimum atomic E-state index is 0.666. The van der Waals surface area contributed by atoms with Gasteiger partial charge in [-0.05, 0) is 48.0 Å². The fourth-order valence-corrected chi connectivity index (χ4v) is 3.07. The van der Waals surface area contributed by atoms with Crippen LogP contribution in [0.1, 0.15) is 24.3 Å². The summed E-state index contributed by atoms with van der Waals surface area (Å²) in [5.41, 5.74) is 7.85. The lowest BCUT2D eigenvalue weighted by molar-refractivity contribution is 0.637. The van der Waals surface area contributed by atoms with Gasteiger partial charge in [0.1, 0.15) is 0 Å². The average molecular weight is 228 g/mol. The highest BCUT2D eigenvalue weighted by Gasteiger charge is 2.16. The summed E-state index contributed by atoms with van der Waals surface area (Å²) < 4.78 is 0. The quantitative estimate of drug-likeness (QED) is 0.743. The van der Waals surface area contributed by atoms with Crippen LogP contribution in [0.15, 0.2) is 18.2 Å². The number of nitrogen functional groups attached to an aromatic ring is 1. The van der Waals surface area contributed by atoms with Crippen LogP contribution in [0, 0.1) is 0 Å². The Hall–Kier alpha value is -0.340. The number of hydrogen-bond acceptors (Lipinski definition) is 2. The van der Waals surface area contributed by atoms with Gasteiger partial charge in [-0.3, -0.25) is 0 Å². The molecule has 1 nitrogen and oxygen atoms in total. The lowest BCUT2D eigenvalue weighted by Gasteiger charge is -2.22. The second-order valence-electron chi connectivity index (χ2n) is 3.67. The highest BCUT2D eigenvalue weighted by atomic mass is 35.5.